The molecule has 1 aromatic carbocycles. The minimum atomic E-state index is -0.255. The van der Waals surface area contributed by atoms with Crippen LogP contribution >= 0.6 is 11.8 Å². The summed E-state index contributed by atoms with van der Waals surface area (Å²) in [5, 5.41) is 3.95. The summed E-state index contributed by atoms with van der Waals surface area (Å²) < 4.78 is 0. The second-order valence-corrected chi connectivity index (χ2v) is 6.73. The van der Waals surface area contributed by atoms with Gasteiger partial charge in [-0.25, -0.2) is 14.7 Å². The number of nitrogens with one attached hydrogen (secondary N) is 1. The number of aliphatic imine (C=N–C) groups is 1. The molecule has 0 saturated carbocycles. The van der Waals surface area contributed by atoms with Crippen LogP contribution < -0.4 is 10.2 Å². The highest BCUT2D eigenvalue weighted by Crippen LogP contribution is 2.27. The largest absolute Gasteiger partial charge is 0.333 e. The van der Waals surface area contributed by atoms with Crippen molar-refractivity contribution in [2.75, 3.05) is 16.8 Å². The fourth-order valence-corrected chi connectivity index (χ4v) is 3.17. The predicted molar refractivity (Wildman–Crippen MR) is 96.3 cm³/mol. The molecule has 0 bridgehead atoms. The standard InChI is InChI=1S/C17H18N4OS/c1-12-7-6-10-15(19-12)21(17-18-11-13(2)23-17)16(22)20-14-8-4-3-5-9-14/h3-10,13H,11H2,1-2H3,(H,20,22). The molecule has 1 aliphatic rings. The van der Waals surface area contributed by atoms with Gasteiger partial charge in [0.25, 0.3) is 0 Å². The third-order valence-corrected chi connectivity index (χ3v) is 4.39. The van der Waals surface area contributed by atoms with Crippen molar-refractivity contribution >= 4 is 34.5 Å². The maximum atomic E-state index is 12.8. The van der Waals surface area contributed by atoms with Crippen LogP contribution in [0.5, 0.6) is 0 Å². The van der Waals surface area contributed by atoms with E-state index in [-0.39, 0.29) is 6.03 Å². The van der Waals surface area contributed by atoms with Gasteiger partial charge in [-0.2, -0.15) is 0 Å². The summed E-state index contributed by atoms with van der Waals surface area (Å²) in [6.45, 7) is 4.71. The van der Waals surface area contributed by atoms with E-state index in [2.05, 4.69) is 22.2 Å². The van der Waals surface area contributed by atoms with Crippen LogP contribution in [-0.2, 0) is 0 Å². The molecule has 6 heteroatoms. The minimum Gasteiger partial charge on any atom is -0.307 e. The van der Waals surface area contributed by atoms with Gasteiger partial charge < -0.3 is 5.32 Å². The number of pyridine rings is 1. The molecule has 1 unspecified atom stereocenters. The lowest BCUT2D eigenvalue weighted by molar-refractivity contribution is 0.259. The van der Waals surface area contributed by atoms with E-state index in [1.165, 1.54) is 0 Å². The van der Waals surface area contributed by atoms with E-state index in [4.69, 9.17) is 0 Å². The Morgan fingerprint density at radius 1 is 1.22 bits per heavy atom. The van der Waals surface area contributed by atoms with Gasteiger partial charge in [0, 0.05) is 16.6 Å². The van der Waals surface area contributed by atoms with Crippen LogP contribution in [0, 0.1) is 6.92 Å². The average molecular weight is 326 g/mol. The zero-order valence-corrected chi connectivity index (χ0v) is 13.9. The summed E-state index contributed by atoms with van der Waals surface area (Å²) in [6.07, 6.45) is 0. The zero-order valence-electron chi connectivity index (χ0n) is 13.1. The molecular formula is C17H18N4OS. The van der Waals surface area contributed by atoms with Crippen molar-refractivity contribution in [2.24, 2.45) is 4.99 Å². The molecule has 0 aliphatic carbocycles. The molecule has 23 heavy (non-hydrogen) atoms. The Hall–Kier alpha value is -2.34. The Bertz CT molecular complexity index is 732. The van der Waals surface area contributed by atoms with E-state index >= 15 is 0 Å². The van der Waals surface area contributed by atoms with Crippen LogP contribution in [0.1, 0.15) is 12.6 Å². The van der Waals surface area contributed by atoms with E-state index in [0.717, 1.165) is 11.4 Å². The summed E-state index contributed by atoms with van der Waals surface area (Å²) in [5.41, 5.74) is 1.60. The van der Waals surface area contributed by atoms with Crippen molar-refractivity contribution in [3.05, 3.63) is 54.2 Å². The lowest BCUT2D eigenvalue weighted by Gasteiger charge is -2.22. The average Bonchev–Trinajstić information content (AvgIpc) is 2.94. The maximum Gasteiger partial charge on any atom is 0.333 e. The third-order valence-electron chi connectivity index (χ3n) is 3.31. The molecule has 0 spiro atoms. The van der Waals surface area contributed by atoms with Gasteiger partial charge >= 0.3 is 6.03 Å². The first kappa shape index (κ1) is 15.6. The van der Waals surface area contributed by atoms with Crippen LogP contribution in [0.4, 0.5) is 16.3 Å². The second-order valence-electron chi connectivity index (χ2n) is 5.32. The Kier molecular flexibility index (Phi) is 4.62. The van der Waals surface area contributed by atoms with E-state index in [9.17, 15) is 4.79 Å². The normalized spacial score (nSPS) is 16.8. The van der Waals surface area contributed by atoms with Gasteiger partial charge in [0.1, 0.15) is 5.82 Å². The Balaban J connectivity index is 1.90. The number of carbonyl (C=O) groups is 1. The van der Waals surface area contributed by atoms with Gasteiger partial charge in [0.15, 0.2) is 5.17 Å². The van der Waals surface area contributed by atoms with Gasteiger partial charge in [-0.3, -0.25) is 4.99 Å². The van der Waals surface area contributed by atoms with Crippen molar-refractivity contribution < 1.29 is 4.79 Å². The van der Waals surface area contributed by atoms with Gasteiger partial charge in [-0.1, -0.05) is 43.0 Å². The molecule has 2 heterocycles. The quantitative estimate of drug-likeness (QED) is 0.910. The molecule has 1 N–H and O–H groups in total. The molecule has 0 fully saturated rings. The number of aromatic nitrogens is 1. The number of thioether (sulfide) groups is 1. The minimum absolute atomic E-state index is 0.255. The highest BCUT2D eigenvalue weighted by atomic mass is 32.2. The number of urea groups is 1. The SMILES string of the molecule is Cc1cccc(N(C(=O)Nc2ccccc2)C2=NCC(C)S2)n1. The van der Waals surface area contributed by atoms with Crippen molar-refractivity contribution in [2.45, 2.75) is 19.1 Å². The smallest absolute Gasteiger partial charge is 0.307 e. The number of hydrogen-bond donors (Lipinski definition) is 1. The number of amides is 2. The number of amidine groups is 1. The Labute approximate surface area is 139 Å². The molecule has 5 nitrogen and oxygen atoms in total. The number of carbonyl (C=O) groups excluding carboxylic acids is 1. The van der Waals surface area contributed by atoms with Crippen molar-refractivity contribution in [1.29, 1.82) is 0 Å². The lowest BCUT2D eigenvalue weighted by atomic mass is 10.3. The predicted octanol–water partition coefficient (Wildman–Crippen LogP) is 3.92. The van der Waals surface area contributed by atoms with E-state index in [1.54, 1.807) is 16.7 Å². The molecular weight excluding hydrogens is 308 g/mol. The monoisotopic (exact) mass is 326 g/mol. The summed E-state index contributed by atoms with van der Waals surface area (Å²) in [4.78, 5) is 23.3. The number of nitrogens with zero attached hydrogens (tertiary/aromatic N) is 3. The van der Waals surface area contributed by atoms with Crippen molar-refractivity contribution in [3.8, 4) is 0 Å². The van der Waals surface area contributed by atoms with E-state index in [0.29, 0.717) is 22.8 Å². The second kappa shape index (κ2) is 6.83. The van der Waals surface area contributed by atoms with Crippen molar-refractivity contribution in [1.82, 2.24) is 4.98 Å². The van der Waals surface area contributed by atoms with E-state index < -0.39 is 0 Å². The van der Waals surface area contributed by atoms with Crippen LogP contribution in [0.2, 0.25) is 0 Å². The first-order valence-electron chi connectivity index (χ1n) is 7.44. The summed E-state index contributed by atoms with van der Waals surface area (Å²) in [6, 6.07) is 14.8. The molecule has 1 atom stereocenters. The summed E-state index contributed by atoms with van der Waals surface area (Å²) in [7, 11) is 0. The highest BCUT2D eigenvalue weighted by molar-refractivity contribution is 8.15. The molecule has 3 rings (SSSR count). The molecule has 2 aromatic rings. The van der Waals surface area contributed by atoms with Gasteiger partial charge in [-0.05, 0) is 31.2 Å². The van der Waals surface area contributed by atoms with E-state index in [1.807, 2.05) is 55.5 Å². The van der Waals surface area contributed by atoms with Gasteiger partial charge in [0.05, 0.1) is 6.54 Å². The van der Waals surface area contributed by atoms with Crippen LogP contribution in [-0.4, -0.2) is 28.0 Å². The number of benzene rings is 1. The van der Waals surface area contributed by atoms with Crippen LogP contribution in [0.3, 0.4) is 0 Å². The number of para-hydroxylation sites is 1. The molecule has 118 valence electrons. The third kappa shape index (κ3) is 3.71. The van der Waals surface area contributed by atoms with Gasteiger partial charge in [0.2, 0.25) is 0 Å². The highest BCUT2D eigenvalue weighted by Gasteiger charge is 2.28. The number of rotatable bonds is 2. The number of anilines is 2. The molecule has 1 aliphatic heterocycles. The molecule has 2 amide bonds. The molecule has 1 aromatic heterocycles. The first-order valence-corrected chi connectivity index (χ1v) is 8.32. The topological polar surface area (TPSA) is 57.6 Å². The fraction of sp³-hybridized carbons (Fsp3) is 0.235. The van der Waals surface area contributed by atoms with Crippen LogP contribution in [0.15, 0.2) is 53.5 Å². The van der Waals surface area contributed by atoms with Crippen LogP contribution in [0.25, 0.3) is 0 Å². The maximum absolute atomic E-state index is 12.8. The Morgan fingerprint density at radius 2 is 2.00 bits per heavy atom. The zero-order chi connectivity index (χ0) is 16.2. The fourth-order valence-electron chi connectivity index (χ4n) is 2.23. The van der Waals surface area contributed by atoms with Crippen molar-refractivity contribution in [3.63, 3.8) is 0 Å². The summed E-state index contributed by atoms with van der Waals surface area (Å²) >= 11 is 1.59. The van der Waals surface area contributed by atoms with Gasteiger partial charge in [-0.15, -0.1) is 0 Å². The number of hydrogen-bond acceptors (Lipinski definition) is 4. The summed E-state index contributed by atoms with van der Waals surface area (Å²) in [5.74, 6) is 0.582. The Morgan fingerprint density at radius 3 is 2.65 bits per heavy atom. The molecule has 0 saturated heterocycles. The molecule has 0 radical (unpaired) electrons. The first-order chi connectivity index (χ1) is 11.1. The number of aryl methyl sites for hydroxylation is 1. The lowest BCUT2D eigenvalue weighted by Crippen LogP contribution is -2.39.